The van der Waals surface area contributed by atoms with Crippen LogP contribution in [0.2, 0.25) is 0 Å². The molecule has 0 spiro atoms. The lowest BCUT2D eigenvalue weighted by Gasteiger charge is -2.33. The van der Waals surface area contributed by atoms with Crippen LogP contribution in [0.3, 0.4) is 0 Å². The molecular weight excluding hydrogens is 252 g/mol. The number of nitrogens with one attached hydrogen (secondary N) is 1. The summed E-state index contributed by atoms with van der Waals surface area (Å²) >= 11 is 0. The van der Waals surface area contributed by atoms with Gasteiger partial charge in [0.15, 0.2) is 0 Å². The van der Waals surface area contributed by atoms with E-state index in [4.69, 9.17) is 4.74 Å². The first-order valence-electron chi connectivity index (χ1n) is 8.06. The number of Topliss-reactive ketones (excluding diaryl/α,β-unsaturated/α-hetero) is 1. The summed E-state index contributed by atoms with van der Waals surface area (Å²) in [6, 6.07) is 0. The summed E-state index contributed by atoms with van der Waals surface area (Å²) in [5.74, 6) is 1.20. The molecule has 0 aromatic rings. The molecule has 1 saturated heterocycles. The molecule has 1 rings (SSSR count). The predicted octanol–water partition coefficient (Wildman–Crippen LogP) is 1.94. The Morgan fingerprint density at radius 3 is 2.75 bits per heavy atom. The van der Waals surface area contributed by atoms with Gasteiger partial charge in [-0.3, -0.25) is 9.69 Å². The van der Waals surface area contributed by atoms with Crippen molar-refractivity contribution in [3.8, 4) is 0 Å². The van der Waals surface area contributed by atoms with E-state index in [2.05, 4.69) is 24.1 Å². The maximum Gasteiger partial charge on any atom is 0.135 e. The average Bonchev–Trinajstić information content (AvgIpc) is 2.41. The first kappa shape index (κ1) is 17.6. The van der Waals surface area contributed by atoms with Gasteiger partial charge >= 0.3 is 0 Å². The summed E-state index contributed by atoms with van der Waals surface area (Å²) in [5, 5.41) is 3.48. The molecule has 1 N–H and O–H groups in total. The number of morpholine rings is 1. The zero-order valence-electron chi connectivity index (χ0n) is 13.7. The van der Waals surface area contributed by atoms with Gasteiger partial charge in [-0.15, -0.1) is 0 Å². The largest absolute Gasteiger partial charge is 0.376 e. The van der Waals surface area contributed by atoms with E-state index in [9.17, 15) is 4.79 Å². The third-order valence-electron chi connectivity index (χ3n) is 3.74. The Kier molecular flexibility index (Phi) is 8.34. The zero-order chi connectivity index (χ0) is 15.0. The van der Waals surface area contributed by atoms with Gasteiger partial charge in [0.25, 0.3) is 0 Å². The van der Waals surface area contributed by atoms with Crippen LogP contribution in [0, 0.1) is 11.8 Å². The second-order valence-electron chi connectivity index (χ2n) is 6.55. The molecule has 1 fully saturated rings. The van der Waals surface area contributed by atoms with Crippen LogP contribution in [-0.4, -0.2) is 56.1 Å². The van der Waals surface area contributed by atoms with Crippen molar-refractivity contribution < 1.29 is 9.53 Å². The minimum atomic E-state index is 0.148. The monoisotopic (exact) mass is 284 g/mol. The van der Waals surface area contributed by atoms with E-state index >= 15 is 0 Å². The first-order valence-corrected chi connectivity index (χ1v) is 8.06. The van der Waals surface area contributed by atoms with Gasteiger partial charge in [0.05, 0.1) is 12.7 Å². The molecule has 0 saturated carbocycles. The number of ketones is 1. The summed E-state index contributed by atoms with van der Waals surface area (Å²) in [4.78, 5) is 14.1. The fourth-order valence-corrected chi connectivity index (χ4v) is 2.38. The van der Waals surface area contributed by atoms with E-state index < -0.39 is 0 Å². The molecule has 1 aliphatic rings. The Hall–Kier alpha value is -0.450. The van der Waals surface area contributed by atoms with Gasteiger partial charge in [0, 0.05) is 38.5 Å². The molecule has 0 aliphatic carbocycles. The van der Waals surface area contributed by atoms with Gasteiger partial charge in [-0.1, -0.05) is 27.7 Å². The number of rotatable bonds is 9. The zero-order valence-corrected chi connectivity index (χ0v) is 13.7. The predicted molar refractivity (Wildman–Crippen MR) is 83.0 cm³/mol. The van der Waals surface area contributed by atoms with Crippen molar-refractivity contribution in [2.45, 2.75) is 46.6 Å². The standard InChI is InChI=1S/C16H32N2O2/c1-13(2)11-17-7-8-18-9-10-20-15(12-18)5-6-16(19)14(3)4/h13-15,17H,5-12H2,1-4H3/t15-/m1/s1. The fourth-order valence-electron chi connectivity index (χ4n) is 2.38. The van der Waals surface area contributed by atoms with Gasteiger partial charge < -0.3 is 10.1 Å². The quantitative estimate of drug-likeness (QED) is 0.657. The fraction of sp³-hybridized carbons (Fsp3) is 0.938. The molecule has 0 bridgehead atoms. The van der Waals surface area contributed by atoms with Crippen LogP contribution in [0.5, 0.6) is 0 Å². The first-order chi connectivity index (χ1) is 9.49. The second kappa shape index (κ2) is 9.48. The average molecular weight is 284 g/mol. The van der Waals surface area contributed by atoms with E-state index in [1.54, 1.807) is 0 Å². The summed E-state index contributed by atoms with van der Waals surface area (Å²) in [6.45, 7) is 14.4. The Bertz CT molecular complexity index is 280. The number of nitrogens with zero attached hydrogens (tertiary/aromatic N) is 1. The van der Waals surface area contributed by atoms with Crippen molar-refractivity contribution in [1.82, 2.24) is 10.2 Å². The highest BCUT2D eigenvalue weighted by molar-refractivity contribution is 5.80. The van der Waals surface area contributed by atoms with Crippen molar-refractivity contribution in [2.24, 2.45) is 11.8 Å². The van der Waals surface area contributed by atoms with Crippen LogP contribution in [0.4, 0.5) is 0 Å². The summed E-state index contributed by atoms with van der Waals surface area (Å²) < 4.78 is 5.77. The molecular formula is C16H32N2O2. The number of carbonyl (C=O) groups is 1. The molecule has 4 heteroatoms. The van der Waals surface area contributed by atoms with Gasteiger partial charge in [0.1, 0.15) is 5.78 Å². The van der Waals surface area contributed by atoms with Crippen molar-refractivity contribution in [3.05, 3.63) is 0 Å². The van der Waals surface area contributed by atoms with Crippen LogP contribution >= 0.6 is 0 Å². The van der Waals surface area contributed by atoms with Crippen LogP contribution in [-0.2, 0) is 9.53 Å². The smallest absolute Gasteiger partial charge is 0.135 e. The summed E-state index contributed by atoms with van der Waals surface area (Å²) in [5.41, 5.74) is 0. The number of carbonyl (C=O) groups excluding carboxylic acids is 1. The van der Waals surface area contributed by atoms with Crippen LogP contribution in [0.25, 0.3) is 0 Å². The number of ether oxygens (including phenoxy) is 1. The minimum absolute atomic E-state index is 0.148. The molecule has 4 nitrogen and oxygen atoms in total. The Morgan fingerprint density at radius 2 is 2.10 bits per heavy atom. The SMILES string of the molecule is CC(C)CNCCN1CCO[C@H](CCC(=O)C(C)C)C1. The van der Waals surface area contributed by atoms with Crippen molar-refractivity contribution >= 4 is 5.78 Å². The Balaban J connectivity index is 2.16. The molecule has 0 radical (unpaired) electrons. The highest BCUT2D eigenvalue weighted by Gasteiger charge is 2.21. The van der Waals surface area contributed by atoms with Gasteiger partial charge in [-0.05, 0) is 18.9 Å². The topological polar surface area (TPSA) is 41.6 Å². The van der Waals surface area contributed by atoms with Crippen molar-refractivity contribution in [2.75, 3.05) is 39.3 Å². The molecule has 1 aliphatic heterocycles. The highest BCUT2D eigenvalue weighted by Crippen LogP contribution is 2.12. The second-order valence-corrected chi connectivity index (χ2v) is 6.55. The number of hydrogen-bond donors (Lipinski definition) is 1. The normalized spacial score (nSPS) is 20.8. The van der Waals surface area contributed by atoms with E-state index in [0.29, 0.717) is 18.1 Å². The molecule has 0 aromatic carbocycles. The van der Waals surface area contributed by atoms with Crippen LogP contribution in [0.1, 0.15) is 40.5 Å². The van der Waals surface area contributed by atoms with Gasteiger partial charge in [-0.2, -0.15) is 0 Å². The lowest BCUT2D eigenvalue weighted by molar-refractivity contribution is -0.123. The van der Waals surface area contributed by atoms with E-state index in [0.717, 1.165) is 45.8 Å². The van der Waals surface area contributed by atoms with Crippen LogP contribution in [0.15, 0.2) is 0 Å². The lowest BCUT2D eigenvalue weighted by Crippen LogP contribution is -2.45. The number of hydrogen-bond acceptors (Lipinski definition) is 4. The van der Waals surface area contributed by atoms with E-state index in [1.165, 1.54) is 0 Å². The third-order valence-corrected chi connectivity index (χ3v) is 3.74. The minimum Gasteiger partial charge on any atom is -0.376 e. The molecule has 1 atom stereocenters. The molecule has 0 aromatic heterocycles. The molecule has 20 heavy (non-hydrogen) atoms. The van der Waals surface area contributed by atoms with Crippen LogP contribution < -0.4 is 5.32 Å². The molecule has 1 heterocycles. The summed E-state index contributed by atoms with van der Waals surface area (Å²) in [6.07, 6.45) is 1.76. The third kappa shape index (κ3) is 7.36. The van der Waals surface area contributed by atoms with Crippen molar-refractivity contribution in [1.29, 1.82) is 0 Å². The van der Waals surface area contributed by atoms with Gasteiger partial charge in [0.2, 0.25) is 0 Å². The van der Waals surface area contributed by atoms with Crippen molar-refractivity contribution in [3.63, 3.8) is 0 Å². The molecule has 118 valence electrons. The molecule has 0 unspecified atom stereocenters. The van der Waals surface area contributed by atoms with E-state index in [-0.39, 0.29) is 12.0 Å². The molecule has 0 amide bonds. The van der Waals surface area contributed by atoms with Gasteiger partial charge in [-0.25, -0.2) is 0 Å². The Labute approximate surface area is 124 Å². The lowest BCUT2D eigenvalue weighted by atomic mass is 10.0. The summed E-state index contributed by atoms with van der Waals surface area (Å²) in [7, 11) is 0. The highest BCUT2D eigenvalue weighted by atomic mass is 16.5. The Morgan fingerprint density at radius 1 is 1.35 bits per heavy atom. The maximum absolute atomic E-state index is 11.7. The van der Waals surface area contributed by atoms with E-state index in [1.807, 2.05) is 13.8 Å². The maximum atomic E-state index is 11.7.